The Hall–Kier alpha value is -1.35. The van der Waals surface area contributed by atoms with Crippen LogP contribution in [0.4, 0.5) is 4.79 Å². The van der Waals surface area contributed by atoms with E-state index in [4.69, 9.17) is 15.9 Å². The first-order chi connectivity index (χ1) is 8.72. The Morgan fingerprint density at radius 3 is 2.37 bits per heavy atom. The molecule has 0 aromatic rings. The molecule has 1 aliphatic heterocycles. The number of nitrogens with zero attached hydrogens (tertiary/aromatic N) is 1. The van der Waals surface area contributed by atoms with Crippen LogP contribution >= 0.6 is 0 Å². The number of nitrogens with two attached hydrogens (primary N) is 1. The molecule has 110 valence electrons. The van der Waals surface area contributed by atoms with Crippen LogP contribution in [0.3, 0.4) is 0 Å². The molecule has 4 N–H and O–H groups in total. The molecule has 0 aliphatic carbocycles. The first-order valence-electron chi connectivity index (χ1n) is 6.04. The normalized spacial score (nSPS) is 18.3. The Kier molecular flexibility index (Phi) is 5.12. The van der Waals surface area contributed by atoms with Crippen molar-refractivity contribution in [2.24, 2.45) is 11.7 Å². The van der Waals surface area contributed by atoms with E-state index in [9.17, 15) is 13.2 Å². The molecule has 0 atom stereocenters. The molecule has 1 aliphatic rings. The summed E-state index contributed by atoms with van der Waals surface area (Å²) in [5, 5.41) is 7.32. The lowest BCUT2D eigenvalue weighted by Gasteiger charge is -2.30. The second-order valence-electron chi connectivity index (χ2n) is 4.69. The SMILES string of the molecule is CC(C)OC(=O)NS(=O)(=O)N1CCC(C(=N)N)CC1. The van der Waals surface area contributed by atoms with Crippen LogP contribution in [0.5, 0.6) is 0 Å². The van der Waals surface area contributed by atoms with Gasteiger partial charge in [0, 0.05) is 19.0 Å². The van der Waals surface area contributed by atoms with Gasteiger partial charge >= 0.3 is 16.3 Å². The third-order valence-corrected chi connectivity index (χ3v) is 4.26. The molecule has 0 spiro atoms. The van der Waals surface area contributed by atoms with Gasteiger partial charge in [0.2, 0.25) is 0 Å². The van der Waals surface area contributed by atoms with Crippen molar-refractivity contribution in [2.75, 3.05) is 13.1 Å². The highest BCUT2D eigenvalue weighted by molar-refractivity contribution is 7.87. The minimum atomic E-state index is -3.88. The summed E-state index contributed by atoms with van der Waals surface area (Å²) in [6.07, 6.45) is -0.410. The molecular weight excluding hydrogens is 272 g/mol. The Morgan fingerprint density at radius 1 is 1.42 bits per heavy atom. The lowest BCUT2D eigenvalue weighted by Crippen LogP contribution is -2.48. The number of nitrogens with one attached hydrogen (secondary N) is 2. The summed E-state index contributed by atoms with van der Waals surface area (Å²) in [5.41, 5.74) is 5.38. The summed E-state index contributed by atoms with van der Waals surface area (Å²) in [6, 6.07) is 0. The van der Waals surface area contributed by atoms with Crippen molar-refractivity contribution in [3.8, 4) is 0 Å². The predicted octanol–water partition coefficient (Wildman–Crippen LogP) is 0.0138. The smallest absolute Gasteiger partial charge is 0.422 e. The molecule has 1 fully saturated rings. The summed E-state index contributed by atoms with van der Waals surface area (Å²) in [4.78, 5) is 11.3. The summed E-state index contributed by atoms with van der Waals surface area (Å²) in [6.45, 7) is 3.72. The van der Waals surface area contributed by atoms with Gasteiger partial charge in [-0.3, -0.25) is 5.41 Å². The first-order valence-corrected chi connectivity index (χ1v) is 7.49. The zero-order valence-corrected chi connectivity index (χ0v) is 11.9. The lowest BCUT2D eigenvalue weighted by molar-refractivity contribution is 0.120. The maximum atomic E-state index is 11.9. The number of amidine groups is 1. The average molecular weight is 292 g/mol. The molecule has 1 saturated heterocycles. The van der Waals surface area contributed by atoms with Gasteiger partial charge in [-0.25, -0.2) is 9.52 Å². The van der Waals surface area contributed by atoms with Gasteiger partial charge in [-0.05, 0) is 26.7 Å². The number of piperidine rings is 1. The zero-order valence-electron chi connectivity index (χ0n) is 11.0. The van der Waals surface area contributed by atoms with Crippen molar-refractivity contribution in [2.45, 2.75) is 32.8 Å². The molecule has 0 bridgehead atoms. The fraction of sp³-hybridized carbons (Fsp3) is 0.800. The molecule has 8 nitrogen and oxygen atoms in total. The topological polar surface area (TPSA) is 126 Å². The van der Waals surface area contributed by atoms with Crippen molar-refractivity contribution in [3.05, 3.63) is 0 Å². The molecule has 9 heteroatoms. The fourth-order valence-corrected chi connectivity index (χ4v) is 2.89. The van der Waals surface area contributed by atoms with E-state index in [0.717, 1.165) is 4.31 Å². The lowest BCUT2D eigenvalue weighted by atomic mass is 9.97. The van der Waals surface area contributed by atoms with Crippen molar-refractivity contribution in [1.82, 2.24) is 9.03 Å². The molecule has 0 aromatic heterocycles. The van der Waals surface area contributed by atoms with Gasteiger partial charge < -0.3 is 10.5 Å². The largest absolute Gasteiger partial charge is 0.446 e. The van der Waals surface area contributed by atoms with Crippen molar-refractivity contribution < 1.29 is 17.9 Å². The zero-order chi connectivity index (χ0) is 14.6. The highest BCUT2D eigenvalue weighted by Crippen LogP contribution is 2.18. The van der Waals surface area contributed by atoms with Gasteiger partial charge in [-0.1, -0.05) is 0 Å². The number of amides is 1. The van der Waals surface area contributed by atoms with Gasteiger partial charge in [0.05, 0.1) is 11.9 Å². The van der Waals surface area contributed by atoms with Crippen LogP contribution in [-0.4, -0.2) is 43.8 Å². The standard InChI is InChI=1S/C10H20N4O4S/c1-7(2)18-10(15)13-19(16,17)14-5-3-8(4-6-14)9(11)12/h7-8H,3-6H2,1-2H3,(H3,11,12)(H,13,15). The van der Waals surface area contributed by atoms with E-state index in [-0.39, 0.29) is 24.8 Å². The number of carbonyl (C=O) groups is 1. The third kappa shape index (κ3) is 4.67. The van der Waals surface area contributed by atoms with Crippen LogP contribution < -0.4 is 10.5 Å². The van der Waals surface area contributed by atoms with Crippen molar-refractivity contribution in [3.63, 3.8) is 0 Å². The van der Waals surface area contributed by atoms with Gasteiger partial charge in [-0.2, -0.15) is 12.7 Å². The highest BCUT2D eigenvalue weighted by Gasteiger charge is 2.30. The third-order valence-electron chi connectivity index (χ3n) is 2.79. The summed E-state index contributed by atoms with van der Waals surface area (Å²) in [7, 11) is -3.88. The molecule has 1 heterocycles. The van der Waals surface area contributed by atoms with Crippen LogP contribution in [0.2, 0.25) is 0 Å². The van der Waals surface area contributed by atoms with Gasteiger partial charge in [0.1, 0.15) is 0 Å². The summed E-state index contributed by atoms with van der Waals surface area (Å²) in [5.74, 6) is -0.0155. The van der Waals surface area contributed by atoms with Gasteiger partial charge in [-0.15, -0.1) is 0 Å². The monoisotopic (exact) mass is 292 g/mol. The molecule has 0 aromatic carbocycles. The quantitative estimate of drug-likeness (QED) is 0.497. The number of carbonyl (C=O) groups excluding carboxylic acids is 1. The maximum Gasteiger partial charge on any atom is 0.422 e. The predicted molar refractivity (Wildman–Crippen MR) is 69.9 cm³/mol. The Morgan fingerprint density at radius 2 is 1.95 bits per heavy atom. The van der Waals surface area contributed by atoms with Crippen LogP contribution in [-0.2, 0) is 14.9 Å². The maximum absolute atomic E-state index is 11.9. The molecule has 0 unspecified atom stereocenters. The van der Waals surface area contributed by atoms with E-state index in [1.165, 1.54) is 0 Å². The van der Waals surface area contributed by atoms with Crippen LogP contribution in [0.15, 0.2) is 0 Å². The van der Waals surface area contributed by atoms with E-state index in [1.54, 1.807) is 13.8 Å². The van der Waals surface area contributed by atoms with E-state index in [0.29, 0.717) is 12.8 Å². The highest BCUT2D eigenvalue weighted by atomic mass is 32.2. The number of rotatable bonds is 4. The second kappa shape index (κ2) is 6.20. The number of ether oxygens (including phenoxy) is 1. The molecule has 1 amide bonds. The van der Waals surface area contributed by atoms with E-state index >= 15 is 0 Å². The second-order valence-corrected chi connectivity index (χ2v) is 6.36. The molecule has 0 saturated carbocycles. The molecule has 0 radical (unpaired) electrons. The summed E-state index contributed by atoms with van der Waals surface area (Å²) >= 11 is 0. The Labute approximate surface area is 113 Å². The van der Waals surface area contributed by atoms with E-state index in [2.05, 4.69) is 0 Å². The molecule has 19 heavy (non-hydrogen) atoms. The number of hydrogen-bond donors (Lipinski definition) is 3. The van der Waals surface area contributed by atoms with Crippen LogP contribution in [0.1, 0.15) is 26.7 Å². The van der Waals surface area contributed by atoms with E-state index in [1.807, 2.05) is 4.72 Å². The first kappa shape index (κ1) is 15.7. The fourth-order valence-electron chi connectivity index (χ4n) is 1.82. The Bertz CT molecular complexity index is 440. The number of hydrogen-bond acceptors (Lipinski definition) is 5. The minimum Gasteiger partial charge on any atom is -0.446 e. The Balaban J connectivity index is 2.55. The van der Waals surface area contributed by atoms with Crippen molar-refractivity contribution >= 4 is 22.1 Å². The summed E-state index contributed by atoms with van der Waals surface area (Å²) < 4.78 is 31.5. The van der Waals surface area contributed by atoms with Crippen LogP contribution in [0, 0.1) is 11.3 Å². The molecular formula is C10H20N4O4S. The van der Waals surface area contributed by atoms with Gasteiger partial charge in [0.25, 0.3) is 0 Å². The van der Waals surface area contributed by atoms with Gasteiger partial charge in [0.15, 0.2) is 0 Å². The van der Waals surface area contributed by atoms with E-state index < -0.39 is 22.4 Å². The minimum absolute atomic E-state index is 0.0734. The van der Waals surface area contributed by atoms with Crippen LogP contribution in [0.25, 0.3) is 0 Å². The van der Waals surface area contributed by atoms with Crippen molar-refractivity contribution in [1.29, 1.82) is 5.41 Å². The average Bonchev–Trinajstić information content (AvgIpc) is 2.27. The molecule has 1 rings (SSSR count).